The van der Waals surface area contributed by atoms with Crippen molar-refractivity contribution in [3.05, 3.63) is 53.6 Å². The number of hydrogen-bond acceptors (Lipinski definition) is 4. The molecular formula is C23H27N5O. The molecule has 3 aromatic rings. The van der Waals surface area contributed by atoms with Gasteiger partial charge in [-0.1, -0.05) is 6.07 Å². The van der Waals surface area contributed by atoms with E-state index in [-0.39, 0.29) is 11.9 Å². The highest BCUT2D eigenvalue weighted by molar-refractivity contribution is 6.06. The molecule has 29 heavy (non-hydrogen) atoms. The van der Waals surface area contributed by atoms with E-state index in [1.54, 1.807) is 0 Å². The highest BCUT2D eigenvalue weighted by Gasteiger charge is 2.29. The second-order valence-corrected chi connectivity index (χ2v) is 8.30. The van der Waals surface area contributed by atoms with E-state index in [0.29, 0.717) is 12.5 Å². The van der Waals surface area contributed by atoms with Gasteiger partial charge in [-0.3, -0.25) is 4.79 Å². The Balaban J connectivity index is 1.33. The molecule has 150 valence electrons. The predicted octanol–water partition coefficient (Wildman–Crippen LogP) is 3.93. The van der Waals surface area contributed by atoms with Crippen LogP contribution in [-0.4, -0.2) is 40.0 Å². The molecule has 6 heteroatoms. The molecule has 6 nitrogen and oxygen atoms in total. The summed E-state index contributed by atoms with van der Waals surface area (Å²) in [6.07, 6.45) is 7.69. The minimum Gasteiger partial charge on any atom is -0.361 e. The molecule has 1 aliphatic heterocycles. The first kappa shape index (κ1) is 18.2. The molecule has 1 amide bonds. The number of benzene rings is 1. The third kappa shape index (κ3) is 3.71. The van der Waals surface area contributed by atoms with Crippen LogP contribution in [0.3, 0.4) is 0 Å². The molecule has 1 saturated heterocycles. The molecule has 2 aromatic heterocycles. The zero-order chi connectivity index (χ0) is 19.8. The molecule has 2 fully saturated rings. The SMILES string of the molecule is Cc1cc(N2CCCC[C@@H]2CNC(=O)c2cccc3[nH]ccc23)nc(C2CC2)n1. The van der Waals surface area contributed by atoms with Gasteiger partial charge < -0.3 is 15.2 Å². The van der Waals surface area contributed by atoms with Gasteiger partial charge >= 0.3 is 0 Å². The maximum atomic E-state index is 12.9. The number of nitrogens with zero attached hydrogens (tertiary/aromatic N) is 3. The van der Waals surface area contributed by atoms with Crippen molar-refractivity contribution in [2.24, 2.45) is 0 Å². The molecule has 0 spiro atoms. The van der Waals surface area contributed by atoms with E-state index in [9.17, 15) is 4.79 Å². The lowest BCUT2D eigenvalue weighted by Crippen LogP contribution is -2.47. The van der Waals surface area contributed by atoms with E-state index in [4.69, 9.17) is 4.98 Å². The minimum atomic E-state index is -0.0155. The molecule has 1 saturated carbocycles. The van der Waals surface area contributed by atoms with Gasteiger partial charge in [0.05, 0.1) is 0 Å². The third-order valence-electron chi connectivity index (χ3n) is 6.06. The number of rotatable bonds is 5. The predicted molar refractivity (Wildman–Crippen MR) is 114 cm³/mol. The van der Waals surface area contributed by atoms with Crippen molar-refractivity contribution < 1.29 is 4.79 Å². The smallest absolute Gasteiger partial charge is 0.252 e. The van der Waals surface area contributed by atoms with Crippen LogP contribution in [0.1, 0.15) is 59.9 Å². The van der Waals surface area contributed by atoms with Gasteiger partial charge in [0.15, 0.2) is 0 Å². The summed E-state index contributed by atoms with van der Waals surface area (Å²) in [5.74, 6) is 2.54. The van der Waals surface area contributed by atoms with Crippen LogP contribution in [-0.2, 0) is 0 Å². The summed E-state index contributed by atoms with van der Waals surface area (Å²) in [5.41, 5.74) is 2.74. The quantitative estimate of drug-likeness (QED) is 0.693. The fraction of sp³-hybridized carbons (Fsp3) is 0.435. The van der Waals surface area contributed by atoms with Crippen molar-refractivity contribution in [2.45, 2.75) is 51.0 Å². The first-order chi connectivity index (χ1) is 14.2. The van der Waals surface area contributed by atoms with Crippen LogP contribution in [0.2, 0.25) is 0 Å². The summed E-state index contributed by atoms with van der Waals surface area (Å²) < 4.78 is 0. The number of amides is 1. The molecular weight excluding hydrogens is 362 g/mol. The highest BCUT2D eigenvalue weighted by atomic mass is 16.1. The summed E-state index contributed by atoms with van der Waals surface area (Å²) in [4.78, 5) is 28.0. The van der Waals surface area contributed by atoms with Gasteiger partial charge in [-0.25, -0.2) is 9.97 Å². The minimum absolute atomic E-state index is 0.0155. The summed E-state index contributed by atoms with van der Waals surface area (Å²) in [5, 5.41) is 4.14. The molecule has 0 bridgehead atoms. The fourth-order valence-electron chi connectivity index (χ4n) is 4.35. The van der Waals surface area contributed by atoms with Crippen molar-refractivity contribution in [3.8, 4) is 0 Å². The number of nitrogens with one attached hydrogen (secondary N) is 2. The Morgan fingerprint density at radius 2 is 2.10 bits per heavy atom. The number of hydrogen-bond donors (Lipinski definition) is 2. The van der Waals surface area contributed by atoms with Gasteiger partial charge in [0.2, 0.25) is 0 Å². The van der Waals surface area contributed by atoms with E-state index >= 15 is 0 Å². The molecule has 1 atom stereocenters. The van der Waals surface area contributed by atoms with Gasteiger partial charge in [0.1, 0.15) is 11.6 Å². The molecule has 0 unspecified atom stereocenters. The highest BCUT2D eigenvalue weighted by Crippen LogP contribution is 2.39. The summed E-state index contributed by atoms with van der Waals surface area (Å²) in [6, 6.07) is 10.1. The van der Waals surface area contributed by atoms with E-state index in [1.165, 1.54) is 19.3 Å². The van der Waals surface area contributed by atoms with Crippen molar-refractivity contribution in [2.75, 3.05) is 18.0 Å². The van der Waals surface area contributed by atoms with E-state index in [2.05, 4.69) is 33.2 Å². The fourth-order valence-corrected chi connectivity index (χ4v) is 4.35. The van der Waals surface area contributed by atoms with Gasteiger partial charge in [-0.15, -0.1) is 0 Å². The number of aryl methyl sites for hydroxylation is 1. The van der Waals surface area contributed by atoms with E-state index < -0.39 is 0 Å². The number of anilines is 1. The topological polar surface area (TPSA) is 73.9 Å². The monoisotopic (exact) mass is 389 g/mol. The van der Waals surface area contributed by atoms with Crippen LogP contribution in [0, 0.1) is 6.92 Å². The molecule has 2 aliphatic rings. The Morgan fingerprint density at radius 3 is 2.97 bits per heavy atom. The number of carbonyl (C=O) groups is 1. The number of piperidine rings is 1. The average Bonchev–Trinajstić information content (AvgIpc) is 3.48. The number of carbonyl (C=O) groups excluding carboxylic acids is 1. The third-order valence-corrected chi connectivity index (χ3v) is 6.06. The maximum Gasteiger partial charge on any atom is 0.252 e. The van der Waals surface area contributed by atoms with Gasteiger partial charge in [-0.05, 0) is 57.2 Å². The van der Waals surface area contributed by atoms with Crippen molar-refractivity contribution >= 4 is 22.6 Å². The maximum absolute atomic E-state index is 12.9. The Hall–Kier alpha value is -2.89. The van der Waals surface area contributed by atoms with Gasteiger partial charge in [-0.2, -0.15) is 0 Å². The molecule has 1 aliphatic carbocycles. The molecule has 1 aromatic carbocycles. The number of fused-ring (bicyclic) bond motifs is 1. The second kappa shape index (κ2) is 7.50. The van der Waals surface area contributed by atoms with Crippen molar-refractivity contribution in [1.82, 2.24) is 20.3 Å². The standard InChI is InChI=1S/C23H27N5O/c1-15-13-21(27-22(26-15)16-8-9-16)28-12-3-2-5-17(28)14-25-23(29)19-6-4-7-20-18(19)10-11-24-20/h4,6-7,10-11,13,16-17,24H,2-3,5,8-9,12,14H2,1H3,(H,25,29)/t17-/m1/s1. The number of aromatic nitrogens is 3. The van der Waals surface area contributed by atoms with E-state index in [1.807, 2.05) is 30.5 Å². The Bertz CT molecular complexity index is 1040. The number of aromatic amines is 1. The first-order valence-electron chi connectivity index (χ1n) is 10.7. The second-order valence-electron chi connectivity index (χ2n) is 8.30. The zero-order valence-electron chi connectivity index (χ0n) is 16.8. The average molecular weight is 390 g/mol. The Kier molecular flexibility index (Phi) is 4.70. The Morgan fingerprint density at radius 1 is 1.21 bits per heavy atom. The molecule has 0 radical (unpaired) electrons. The van der Waals surface area contributed by atoms with Crippen LogP contribution in [0.25, 0.3) is 10.9 Å². The van der Waals surface area contributed by atoms with Crippen LogP contribution in [0.4, 0.5) is 5.82 Å². The lowest BCUT2D eigenvalue weighted by molar-refractivity contribution is 0.0951. The molecule has 5 rings (SSSR count). The summed E-state index contributed by atoms with van der Waals surface area (Å²) in [6.45, 7) is 3.66. The first-order valence-corrected chi connectivity index (χ1v) is 10.7. The van der Waals surface area contributed by atoms with Gasteiger partial charge in [0, 0.05) is 59.5 Å². The van der Waals surface area contributed by atoms with Crippen LogP contribution in [0.5, 0.6) is 0 Å². The van der Waals surface area contributed by atoms with Crippen LogP contribution >= 0.6 is 0 Å². The summed E-state index contributed by atoms with van der Waals surface area (Å²) in [7, 11) is 0. The van der Waals surface area contributed by atoms with Crippen molar-refractivity contribution in [3.63, 3.8) is 0 Å². The molecule has 3 heterocycles. The van der Waals surface area contributed by atoms with Crippen LogP contribution < -0.4 is 10.2 Å². The van der Waals surface area contributed by atoms with Crippen molar-refractivity contribution in [1.29, 1.82) is 0 Å². The Labute approximate surface area is 170 Å². The van der Waals surface area contributed by atoms with Crippen LogP contribution in [0.15, 0.2) is 36.5 Å². The van der Waals surface area contributed by atoms with E-state index in [0.717, 1.165) is 53.2 Å². The zero-order valence-corrected chi connectivity index (χ0v) is 16.8. The number of H-pyrrole nitrogens is 1. The lowest BCUT2D eigenvalue weighted by Gasteiger charge is -2.37. The molecule has 2 N–H and O–H groups in total. The van der Waals surface area contributed by atoms with Gasteiger partial charge in [0.25, 0.3) is 5.91 Å². The largest absolute Gasteiger partial charge is 0.361 e. The summed E-state index contributed by atoms with van der Waals surface area (Å²) >= 11 is 0. The normalized spacial score (nSPS) is 19.5. The lowest BCUT2D eigenvalue weighted by atomic mass is 10.0.